The molecule has 0 aliphatic carbocycles. The van der Waals surface area contributed by atoms with Gasteiger partial charge in [0.15, 0.2) is 17.5 Å². The second kappa shape index (κ2) is 8.89. The first-order valence-electron chi connectivity index (χ1n) is 9.64. The van der Waals surface area contributed by atoms with Crippen LogP contribution in [0.5, 0.6) is 0 Å². The number of benzene rings is 2. The van der Waals surface area contributed by atoms with E-state index in [1.54, 1.807) is 0 Å². The molecule has 2 aromatic rings. The Morgan fingerprint density at radius 2 is 1.54 bits per heavy atom. The van der Waals surface area contributed by atoms with E-state index < -0.39 is 17.5 Å². The first kappa shape index (κ1) is 19.2. The van der Waals surface area contributed by atoms with Gasteiger partial charge in [-0.15, -0.1) is 0 Å². The molecule has 3 rings (SSSR count). The van der Waals surface area contributed by atoms with Crippen LogP contribution in [0.4, 0.5) is 13.2 Å². The Morgan fingerprint density at radius 1 is 0.923 bits per heavy atom. The average Bonchev–Trinajstić information content (AvgIpc) is 2.66. The molecule has 2 aromatic carbocycles. The molecule has 26 heavy (non-hydrogen) atoms. The van der Waals surface area contributed by atoms with Crippen molar-refractivity contribution in [2.45, 2.75) is 57.2 Å². The van der Waals surface area contributed by atoms with Crippen LogP contribution in [0.2, 0.25) is 18.1 Å². The SMILES string of the molecule is CCC[Si]1CCC(CCc2ccc(-c3cc(F)c(F)c(F)c3)cc2)CC1. The molecule has 1 saturated heterocycles. The quantitative estimate of drug-likeness (QED) is 0.376. The van der Waals surface area contributed by atoms with Gasteiger partial charge in [-0.05, 0) is 47.6 Å². The minimum atomic E-state index is -1.42. The molecule has 1 aliphatic heterocycles. The Kier molecular flexibility index (Phi) is 6.57. The van der Waals surface area contributed by atoms with Crippen LogP contribution in [0, 0.1) is 23.4 Å². The van der Waals surface area contributed by atoms with Crippen LogP contribution in [0.25, 0.3) is 11.1 Å². The van der Waals surface area contributed by atoms with Gasteiger partial charge in [0.25, 0.3) is 0 Å². The van der Waals surface area contributed by atoms with Crippen LogP contribution in [0.1, 0.15) is 38.2 Å². The minimum Gasteiger partial charge on any atom is -0.204 e. The summed E-state index contributed by atoms with van der Waals surface area (Å²) < 4.78 is 39.9. The van der Waals surface area contributed by atoms with Crippen molar-refractivity contribution < 1.29 is 13.2 Å². The molecular weight excluding hydrogens is 349 g/mol. The molecule has 0 unspecified atom stereocenters. The first-order valence-corrected chi connectivity index (χ1v) is 11.8. The third-order valence-electron chi connectivity index (χ3n) is 5.53. The predicted molar refractivity (Wildman–Crippen MR) is 103 cm³/mol. The highest BCUT2D eigenvalue weighted by Gasteiger charge is 2.21. The van der Waals surface area contributed by atoms with Crippen molar-refractivity contribution in [3.05, 3.63) is 59.4 Å². The smallest absolute Gasteiger partial charge is 0.194 e. The zero-order chi connectivity index (χ0) is 18.5. The highest BCUT2D eigenvalue weighted by Crippen LogP contribution is 2.31. The third kappa shape index (κ3) is 4.79. The van der Waals surface area contributed by atoms with Crippen molar-refractivity contribution in [2.24, 2.45) is 5.92 Å². The second-order valence-electron chi connectivity index (χ2n) is 7.43. The summed E-state index contributed by atoms with van der Waals surface area (Å²) in [7, 11) is -0.0473. The highest BCUT2D eigenvalue weighted by atomic mass is 28.3. The standard InChI is InChI=1S/C22H26F3Si/c1-2-11-26-12-9-17(10-13-26)4-3-16-5-7-18(8-6-16)19-14-20(23)22(25)21(24)15-19/h5-8,14-15,17H,2-4,9-13H2,1H3. The summed E-state index contributed by atoms with van der Waals surface area (Å²) >= 11 is 0. The molecule has 0 saturated carbocycles. The van der Waals surface area contributed by atoms with Crippen molar-refractivity contribution >= 4 is 8.80 Å². The lowest BCUT2D eigenvalue weighted by molar-refractivity contribution is 0.437. The summed E-state index contributed by atoms with van der Waals surface area (Å²) in [5, 5.41) is 0. The summed E-state index contributed by atoms with van der Waals surface area (Å²) in [6, 6.07) is 14.3. The number of hydrogen-bond acceptors (Lipinski definition) is 0. The van der Waals surface area contributed by atoms with Gasteiger partial charge in [0.05, 0.1) is 0 Å². The zero-order valence-corrected chi connectivity index (χ0v) is 16.3. The summed E-state index contributed by atoms with van der Waals surface area (Å²) in [5.41, 5.74) is 2.32. The normalized spacial score (nSPS) is 16.2. The molecule has 0 atom stereocenters. The molecule has 0 amide bonds. The lowest BCUT2D eigenvalue weighted by Crippen LogP contribution is -2.21. The Hall–Kier alpha value is -1.55. The number of hydrogen-bond donors (Lipinski definition) is 0. The van der Waals surface area contributed by atoms with E-state index in [0.29, 0.717) is 11.1 Å². The molecule has 0 aromatic heterocycles. The fourth-order valence-corrected chi connectivity index (χ4v) is 7.03. The van der Waals surface area contributed by atoms with Crippen LogP contribution >= 0.6 is 0 Å². The van der Waals surface area contributed by atoms with E-state index in [2.05, 4.69) is 6.92 Å². The summed E-state index contributed by atoms with van der Waals surface area (Å²) in [6.07, 6.45) is 6.39. The molecule has 1 aliphatic rings. The summed E-state index contributed by atoms with van der Waals surface area (Å²) in [4.78, 5) is 0. The summed E-state index contributed by atoms with van der Waals surface area (Å²) in [5.74, 6) is -2.86. The molecule has 1 radical (unpaired) electrons. The van der Waals surface area contributed by atoms with Crippen LogP contribution in [-0.2, 0) is 6.42 Å². The largest absolute Gasteiger partial charge is 0.204 e. The van der Waals surface area contributed by atoms with E-state index in [-0.39, 0.29) is 8.80 Å². The van der Waals surface area contributed by atoms with Crippen molar-refractivity contribution in [3.63, 3.8) is 0 Å². The molecular formula is C22H26F3Si. The van der Waals surface area contributed by atoms with Gasteiger partial charge in [-0.2, -0.15) is 0 Å². The number of rotatable bonds is 6. The maximum atomic E-state index is 13.4. The number of aryl methyl sites for hydroxylation is 1. The fraction of sp³-hybridized carbons (Fsp3) is 0.455. The molecule has 0 spiro atoms. The van der Waals surface area contributed by atoms with E-state index in [1.165, 1.54) is 49.4 Å². The number of halogens is 3. The molecule has 0 N–H and O–H groups in total. The van der Waals surface area contributed by atoms with Gasteiger partial charge < -0.3 is 0 Å². The van der Waals surface area contributed by atoms with Crippen molar-refractivity contribution in [3.8, 4) is 11.1 Å². The molecule has 0 bridgehead atoms. The maximum Gasteiger partial charge on any atom is 0.194 e. The van der Waals surface area contributed by atoms with E-state index >= 15 is 0 Å². The van der Waals surface area contributed by atoms with Gasteiger partial charge in [-0.1, -0.05) is 68.6 Å². The van der Waals surface area contributed by atoms with Crippen molar-refractivity contribution in [2.75, 3.05) is 0 Å². The Balaban J connectivity index is 1.55. The van der Waals surface area contributed by atoms with Gasteiger partial charge in [-0.25, -0.2) is 13.2 Å². The lowest BCUT2D eigenvalue weighted by Gasteiger charge is -2.27. The molecule has 1 fully saturated rings. The average molecular weight is 376 g/mol. The fourth-order valence-electron chi connectivity index (χ4n) is 3.93. The van der Waals surface area contributed by atoms with Crippen molar-refractivity contribution in [1.29, 1.82) is 0 Å². The van der Waals surface area contributed by atoms with Gasteiger partial charge in [-0.3, -0.25) is 0 Å². The topological polar surface area (TPSA) is 0 Å². The maximum absolute atomic E-state index is 13.4. The Morgan fingerprint density at radius 3 is 2.12 bits per heavy atom. The van der Waals surface area contributed by atoms with Crippen LogP contribution in [0.15, 0.2) is 36.4 Å². The van der Waals surface area contributed by atoms with Gasteiger partial charge >= 0.3 is 0 Å². The van der Waals surface area contributed by atoms with Gasteiger partial charge in [0, 0.05) is 8.80 Å². The Labute approximate surface area is 156 Å². The second-order valence-corrected chi connectivity index (χ2v) is 10.4. The van der Waals surface area contributed by atoms with E-state index in [0.717, 1.165) is 24.5 Å². The molecule has 139 valence electrons. The van der Waals surface area contributed by atoms with Crippen LogP contribution in [-0.4, -0.2) is 8.80 Å². The molecule has 1 heterocycles. The monoisotopic (exact) mass is 375 g/mol. The van der Waals surface area contributed by atoms with Gasteiger partial charge in [0.1, 0.15) is 0 Å². The van der Waals surface area contributed by atoms with Crippen molar-refractivity contribution in [1.82, 2.24) is 0 Å². The first-order chi connectivity index (χ1) is 12.6. The highest BCUT2D eigenvalue weighted by molar-refractivity contribution is 6.58. The third-order valence-corrected chi connectivity index (χ3v) is 8.73. The van der Waals surface area contributed by atoms with Gasteiger partial charge in [0.2, 0.25) is 0 Å². The molecule has 0 nitrogen and oxygen atoms in total. The minimum absolute atomic E-state index is 0.0473. The van der Waals surface area contributed by atoms with E-state index in [1.807, 2.05) is 24.3 Å². The van der Waals surface area contributed by atoms with E-state index in [9.17, 15) is 13.2 Å². The Bertz CT molecular complexity index is 696. The predicted octanol–water partition coefficient (Wildman–Crippen LogP) is 7.02. The lowest BCUT2D eigenvalue weighted by atomic mass is 9.93. The molecule has 4 heteroatoms. The summed E-state index contributed by atoms with van der Waals surface area (Å²) in [6.45, 7) is 2.29. The van der Waals surface area contributed by atoms with Crippen LogP contribution < -0.4 is 0 Å². The zero-order valence-electron chi connectivity index (χ0n) is 15.3. The van der Waals surface area contributed by atoms with Crippen LogP contribution in [0.3, 0.4) is 0 Å². The van der Waals surface area contributed by atoms with E-state index in [4.69, 9.17) is 0 Å².